The summed E-state index contributed by atoms with van der Waals surface area (Å²) in [5.41, 5.74) is 0. The Morgan fingerprint density at radius 3 is 2.16 bits per heavy atom. The van der Waals surface area contributed by atoms with E-state index in [-0.39, 0.29) is 24.0 Å². The zero-order chi connectivity index (χ0) is 13.6. The summed E-state index contributed by atoms with van der Waals surface area (Å²) in [6.45, 7) is 10.2. The van der Waals surface area contributed by atoms with E-state index in [1.807, 2.05) is 20.8 Å². The molecule has 116 valence electrons. The minimum Gasteiger partial charge on any atom is -0.382 e. The molecule has 19 heavy (non-hydrogen) atoms. The summed E-state index contributed by atoms with van der Waals surface area (Å²) in [6, 6.07) is 0. The Hall–Kier alpha value is -0.0800. The first-order valence-electron chi connectivity index (χ1n) is 6.84. The van der Waals surface area contributed by atoms with Crippen LogP contribution in [-0.4, -0.2) is 52.0 Å². The SMILES string of the molecule is CCOCCCNC(=NC)NCCCOC(C)C.I. The van der Waals surface area contributed by atoms with Gasteiger partial charge in [0.05, 0.1) is 6.10 Å². The monoisotopic (exact) mass is 387 g/mol. The maximum Gasteiger partial charge on any atom is 0.190 e. The average molecular weight is 387 g/mol. The molecule has 0 amide bonds. The van der Waals surface area contributed by atoms with Crippen molar-refractivity contribution in [1.29, 1.82) is 0 Å². The first-order chi connectivity index (χ1) is 8.70. The molecule has 0 atom stereocenters. The van der Waals surface area contributed by atoms with E-state index in [0.717, 1.165) is 51.7 Å². The second kappa shape index (κ2) is 16.0. The van der Waals surface area contributed by atoms with Gasteiger partial charge >= 0.3 is 0 Å². The maximum atomic E-state index is 5.47. The van der Waals surface area contributed by atoms with Gasteiger partial charge in [0.15, 0.2) is 5.96 Å². The van der Waals surface area contributed by atoms with Crippen LogP contribution < -0.4 is 10.6 Å². The summed E-state index contributed by atoms with van der Waals surface area (Å²) < 4.78 is 10.7. The highest BCUT2D eigenvalue weighted by molar-refractivity contribution is 14.0. The van der Waals surface area contributed by atoms with Crippen molar-refractivity contribution in [1.82, 2.24) is 10.6 Å². The van der Waals surface area contributed by atoms with E-state index in [0.29, 0.717) is 6.10 Å². The number of ether oxygens (including phenoxy) is 2. The molecule has 6 heteroatoms. The fraction of sp³-hybridized carbons (Fsp3) is 0.923. The van der Waals surface area contributed by atoms with Gasteiger partial charge in [-0.1, -0.05) is 0 Å². The molecule has 0 aliphatic carbocycles. The topological polar surface area (TPSA) is 54.9 Å². The quantitative estimate of drug-likeness (QED) is 0.261. The third-order valence-corrected chi connectivity index (χ3v) is 2.25. The molecule has 0 radical (unpaired) electrons. The van der Waals surface area contributed by atoms with Crippen molar-refractivity contribution < 1.29 is 9.47 Å². The molecule has 0 rings (SSSR count). The predicted molar refractivity (Wildman–Crippen MR) is 91.6 cm³/mol. The highest BCUT2D eigenvalue weighted by atomic mass is 127. The van der Waals surface area contributed by atoms with E-state index < -0.39 is 0 Å². The van der Waals surface area contributed by atoms with Crippen LogP contribution in [-0.2, 0) is 9.47 Å². The summed E-state index contributed by atoms with van der Waals surface area (Å²) in [5.74, 6) is 0.844. The lowest BCUT2D eigenvalue weighted by Gasteiger charge is -2.12. The molecular formula is C13H30IN3O2. The summed E-state index contributed by atoms with van der Waals surface area (Å²) >= 11 is 0. The van der Waals surface area contributed by atoms with Crippen LogP contribution in [0.4, 0.5) is 0 Å². The van der Waals surface area contributed by atoms with Crippen LogP contribution in [0.5, 0.6) is 0 Å². The fourth-order valence-corrected chi connectivity index (χ4v) is 1.34. The smallest absolute Gasteiger partial charge is 0.190 e. The molecule has 0 heterocycles. The predicted octanol–water partition coefficient (Wildman–Crippen LogP) is 2.01. The Bertz CT molecular complexity index is 214. The highest BCUT2D eigenvalue weighted by Crippen LogP contribution is 1.89. The minimum absolute atomic E-state index is 0. The van der Waals surface area contributed by atoms with Crippen molar-refractivity contribution >= 4 is 29.9 Å². The normalized spacial score (nSPS) is 11.3. The van der Waals surface area contributed by atoms with Crippen molar-refractivity contribution in [2.75, 3.05) is 40.0 Å². The summed E-state index contributed by atoms with van der Waals surface area (Å²) in [4.78, 5) is 4.15. The fourth-order valence-electron chi connectivity index (χ4n) is 1.34. The van der Waals surface area contributed by atoms with Crippen molar-refractivity contribution in [3.63, 3.8) is 0 Å². The Morgan fingerprint density at radius 2 is 1.68 bits per heavy atom. The third-order valence-electron chi connectivity index (χ3n) is 2.25. The van der Waals surface area contributed by atoms with Crippen LogP contribution >= 0.6 is 24.0 Å². The summed E-state index contributed by atoms with van der Waals surface area (Å²) in [5, 5.41) is 6.50. The van der Waals surface area contributed by atoms with E-state index in [9.17, 15) is 0 Å². The number of hydrogen-bond acceptors (Lipinski definition) is 3. The molecule has 0 fully saturated rings. The number of halogens is 1. The summed E-state index contributed by atoms with van der Waals surface area (Å²) in [7, 11) is 1.78. The Balaban J connectivity index is 0. The minimum atomic E-state index is 0. The van der Waals surface area contributed by atoms with Gasteiger partial charge in [-0.15, -0.1) is 24.0 Å². The Kier molecular flexibility index (Phi) is 17.8. The number of rotatable bonds is 10. The molecule has 0 bridgehead atoms. The van der Waals surface area contributed by atoms with Gasteiger partial charge in [0.2, 0.25) is 0 Å². The van der Waals surface area contributed by atoms with E-state index >= 15 is 0 Å². The highest BCUT2D eigenvalue weighted by Gasteiger charge is 1.97. The van der Waals surface area contributed by atoms with Crippen molar-refractivity contribution in [2.24, 2.45) is 4.99 Å². The van der Waals surface area contributed by atoms with Gasteiger partial charge in [0, 0.05) is 40.0 Å². The molecule has 2 N–H and O–H groups in total. The molecule has 0 aliphatic heterocycles. The van der Waals surface area contributed by atoms with E-state index in [4.69, 9.17) is 9.47 Å². The zero-order valence-corrected chi connectivity index (χ0v) is 15.0. The first kappa shape index (κ1) is 21.2. The van der Waals surface area contributed by atoms with Crippen molar-refractivity contribution in [3.8, 4) is 0 Å². The van der Waals surface area contributed by atoms with Gasteiger partial charge in [-0.2, -0.15) is 0 Å². The van der Waals surface area contributed by atoms with Gasteiger partial charge in [-0.25, -0.2) is 0 Å². The van der Waals surface area contributed by atoms with Crippen LogP contribution in [0.15, 0.2) is 4.99 Å². The van der Waals surface area contributed by atoms with E-state index in [2.05, 4.69) is 15.6 Å². The van der Waals surface area contributed by atoms with Crippen molar-refractivity contribution in [3.05, 3.63) is 0 Å². The molecule has 0 saturated heterocycles. The molecule has 0 aromatic heterocycles. The van der Waals surface area contributed by atoms with Crippen LogP contribution in [0.2, 0.25) is 0 Å². The lowest BCUT2D eigenvalue weighted by molar-refractivity contribution is 0.0776. The molecular weight excluding hydrogens is 357 g/mol. The first-order valence-corrected chi connectivity index (χ1v) is 6.84. The largest absolute Gasteiger partial charge is 0.382 e. The third kappa shape index (κ3) is 15.9. The van der Waals surface area contributed by atoms with Crippen molar-refractivity contribution in [2.45, 2.75) is 39.7 Å². The van der Waals surface area contributed by atoms with Gasteiger partial charge in [-0.3, -0.25) is 4.99 Å². The Morgan fingerprint density at radius 1 is 1.11 bits per heavy atom. The van der Waals surface area contributed by atoms with Gasteiger partial charge in [0.25, 0.3) is 0 Å². The molecule has 0 spiro atoms. The molecule has 0 aromatic carbocycles. The summed E-state index contributed by atoms with van der Waals surface area (Å²) in [6.07, 6.45) is 2.28. The Labute approximate surface area is 134 Å². The molecule has 5 nitrogen and oxygen atoms in total. The number of nitrogens with zero attached hydrogens (tertiary/aromatic N) is 1. The zero-order valence-electron chi connectivity index (χ0n) is 12.7. The average Bonchev–Trinajstić information content (AvgIpc) is 2.35. The second-order valence-electron chi connectivity index (χ2n) is 4.25. The van der Waals surface area contributed by atoms with E-state index in [1.165, 1.54) is 0 Å². The molecule has 0 aromatic rings. The standard InChI is InChI=1S/C13H29N3O2.HI/c1-5-17-10-6-8-15-13(14-4)16-9-7-11-18-12(2)3;/h12H,5-11H2,1-4H3,(H2,14,15,16);1H. The van der Waals surface area contributed by atoms with Gasteiger partial charge in [-0.05, 0) is 33.6 Å². The molecule has 0 saturated carbocycles. The second-order valence-corrected chi connectivity index (χ2v) is 4.25. The maximum absolute atomic E-state index is 5.47. The van der Waals surface area contributed by atoms with Crippen LogP contribution in [0, 0.1) is 0 Å². The molecule has 0 unspecified atom stereocenters. The van der Waals surface area contributed by atoms with Gasteiger partial charge in [0.1, 0.15) is 0 Å². The van der Waals surface area contributed by atoms with E-state index in [1.54, 1.807) is 7.05 Å². The lowest BCUT2D eigenvalue weighted by Crippen LogP contribution is -2.38. The lowest BCUT2D eigenvalue weighted by atomic mass is 10.4. The van der Waals surface area contributed by atoms with Crippen LogP contribution in [0.1, 0.15) is 33.6 Å². The number of guanidine groups is 1. The van der Waals surface area contributed by atoms with Crippen LogP contribution in [0.25, 0.3) is 0 Å². The van der Waals surface area contributed by atoms with Crippen LogP contribution in [0.3, 0.4) is 0 Å². The number of nitrogens with one attached hydrogen (secondary N) is 2. The van der Waals surface area contributed by atoms with Gasteiger partial charge < -0.3 is 20.1 Å². The number of aliphatic imine (C=N–C) groups is 1. The molecule has 0 aliphatic rings. The number of hydrogen-bond donors (Lipinski definition) is 2.